The Morgan fingerprint density at radius 2 is 1.56 bits per heavy atom. The average molecular weight is 566 g/mol. The summed E-state index contributed by atoms with van der Waals surface area (Å²) in [4.78, 5) is 11.6. The lowest BCUT2D eigenvalue weighted by Gasteiger charge is -2.07. The highest BCUT2D eigenvalue weighted by Crippen LogP contribution is 2.30. The van der Waals surface area contributed by atoms with E-state index in [0.29, 0.717) is 0 Å². The highest BCUT2D eigenvalue weighted by molar-refractivity contribution is 7.91. The van der Waals surface area contributed by atoms with Gasteiger partial charge in [-0.05, 0) is 49.4 Å². The number of rotatable bonds is 10. The van der Waals surface area contributed by atoms with E-state index in [1.54, 1.807) is 0 Å². The van der Waals surface area contributed by atoms with Crippen LogP contribution in [0.2, 0.25) is 0 Å². The number of hydrogen-bond donors (Lipinski definition) is 5. The second-order valence-corrected chi connectivity index (χ2v) is 11.4. The number of carbonyl (C=O) groups excluding carboxylic acids is 1. The maximum atomic E-state index is 12.5. The highest BCUT2D eigenvalue weighted by atomic mass is 32.3. The first kappa shape index (κ1) is 28.8. The molecule has 0 saturated carbocycles. The normalized spacial score (nSPS) is 13.4. The standard InChI is InChI=1S/C18H19N3O12S3/c1-11(22)17(18(24)19-12-2-4-13(5-3-12)35(27,28)29)21-20-15-10-14(6-7-16(15)23)34(25,26)9-8-33-36(30,31)32/h2-7,10,22-23H,8-9H2,1H3,(H,19,24)(H,27,28,29)(H,30,31,32). The summed E-state index contributed by atoms with van der Waals surface area (Å²) in [7, 11) is -13.5. The van der Waals surface area contributed by atoms with E-state index < -0.39 is 81.3 Å². The molecule has 5 N–H and O–H groups in total. The molecule has 2 rings (SSSR count). The molecule has 18 heteroatoms. The lowest BCUT2D eigenvalue weighted by Crippen LogP contribution is -2.15. The molecule has 0 radical (unpaired) electrons. The molecule has 36 heavy (non-hydrogen) atoms. The summed E-state index contributed by atoms with van der Waals surface area (Å²) in [5.41, 5.74) is -1.02. The van der Waals surface area contributed by atoms with Crippen LogP contribution in [-0.4, -0.2) is 62.8 Å². The molecule has 0 aliphatic heterocycles. The van der Waals surface area contributed by atoms with Crippen LogP contribution in [0.15, 0.2) is 73.9 Å². The minimum absolute atomic E-state index is 0.0596. The van der Waals surface area contributed by atoms with Gasteiger partial charge in [-0.25, -0.2) is 12.6 Å². The van der Waals surface area contributed by atoms with Gasteiger partial charge in [0.2, 0.25) is 0 Å². The van der Waals surface area contributed by atoms with Gasteiger partial charge in [0.1, 0.15) is 17.2 Å². The number of aliphatic hydroxyl groups excluding tert-OH is 1. The molecule has 0 aromatic heterocycles. The van der Waals surface area contributed by atoms with E-state index in [9.17, 15) is 40.3 Å². The third-order valence-corrected chi connectivity index (χ3v) is 7.12. The van der Waals surface area contributed by atoms with Crippen LogP contribution >= 0.6 is 0 Å². The Kier molecular flexibility index (Phi) is 8.88. The third-order valence-electron chi connectivity index (χ3n) is 4.12. The molecule has 0 saturated heterocycles. The monoisotopic (exact) mass is 565 g/mol. The average Bonchev–Trinajstić information content (AvgIpc) is 2.73. The van der Waals surface area contributed by atoms with Crippen molar-refractivity contribution in [1.82, 2.24) is 0 Å². The van der Waals surface area contributed by atoms with Crippen molar-refractivity contribution in [2.45, 2.75) is 16.7 Å². The first-order valence-electron chi connectivity index (χ1n) is 9.38. The number of aromatic hydroxyl groups is 1. The van der Waals surface area contributed by atoms with Crippen LogP contribution < -0.4 is 5.32 Å². The Bertz CT molecular complexity index is 1530. The molecule has 15 nitrogen and oxygen atoms in total. The van der Waals surface area contributed by atoms with Crippen molar-refractivity contribution in [3.63, 3.8) is 0 Å². The number of benzene rings is 2. The van der Waals surface area contributed by atoms with Gasteiger partial charge >= 0.3 is 10.4 Å². The summed E-state index contributed by atoms with van der Waals surface area (Å²) < 4.78 is 89.5. The molecule has 1 amide bonds. The van der Waals surface area contributed by atoms with Crippen molar-refractivity contribution in [2.24, 2.45) is 10.2 Å². The first-order valence-corrected chi connectivity index (χ1v) is 13.8. The van der Waals surface area contributed by atoms with E-state index in [1.165, 1.54) is 0 Å². The number of aliphatic hydroxyl groups is 1. The highest BCUT2D eigenvalue weighted by Gasteiger charge is 2.19. The predicted molar refractivity (Wildman–Crippen MR) is 122 cm³/mol. The SMILES string of the molecule is CC(O)=C(N=Nc1cc(S(=O)(=O)CCOS(=O)(=O)O)ccc1O)C(=O)Nc1ccc(S(=O)(=O)O)cc1. The van der Waals surface area contributed by atoms with Gasteiger partial charge in [0.15, 0.2) is 15.5 Å². The maximum Gasteiger partial charge on any atom is 0.397 e. The summed E-state index contributed by atoms with van der Waals surface area (Å²) in [6, 6.07) is 7.09. The molecule has 0 aliphatic carbocycles. The quantitative estimate of drug-likeness (QED) is 0.120. The molecule has 2 aromatic carbocycles. The summed E-state index contributed by atoms with van der Waals surface area (Å²) in [6.45, 7) is 0.201. The molecule has 0 aliphatic rings. The number of allylic oxidation sites excluding steroid dienone is 1. The van der Waals surface area contributed by atoms with Crippen molar-refractivity contribution in [1.29, 1.82) is 0 Å². The molecule has 0 heterocycles. The number of sulfone groups is 1. The van der Waals surface area contributed by atoms with Crippen LogP contribution in [0.4, 0.5) is 11.4 Å². The van der Waals surface area contributed by atoms with E-state index in [1.807, 2.05) is 0 Å². The Morgan fingerprint density at radius 3 is 2.08 bits per heavy atom. The van der Waals surface area contributed by atoms with Gasteiger partial charge in [-0.3, -0.25) is 13.9 Å². The number of nitrogens with zero attached hydrogens (tertiary/aromatic N) is 2. The molecule has 0 fully saturated rings. The van der Waals surface area contributed by atoms with E-state index >= 15 is 0 Å². The summed E-state index contributed by atoms with van der Waals surface area (Å²) in [5.74, 6) is -3.03. The van der Waals surface area contributed by atoms with E-state index in [4.69, 9.17) is 9.11 Å². The lowest BCUT2D eigenvalue weighted by molar-refractivity contribution is -0.113. The van der Waals surface area contributed by atoms with Crippen molar-refractivity contribution in [3.8, 4) is 5.75 Å². The topological polar surface area (TPSA) is 246 Å². The zero-order valence-corrected chi connectivity index (χ0v) is 20.6. The fourth-order valence-corrected chi connectivity index (χ4v) is 4.41. The summed E-state index contributed by atoms with van der Waals surface area (Å²) in [6.07, 6.45) is 0. The molecule has 0 bridgehead atoms. The molecule has 0 unspecified atom stereocenters. The van der Waals surface area contributed by atoms with E-state index in [-0.39, 0.29) is 5.69 Å². The second kappa shape index (κ2) is 11.1. The number of azo groups is 1. The number of anilines is 1. The predicted octanol–water partition coefficient (Wildman–Crippen LogP) is 1.74. The zero-order chi connectivity index (χ0) is 27.3. The Balaban J connectivity index is 2.25. The van der Waals surface area contributed by atoms with E-state index in [0.717, 1.165) is 49.4 Å². The van der Waals surface area contributed by atoms with Gasteiger partial charge in [-0.1, -0.05) is 0 Å². The Hall–Kier alpha value is -3.42. The van der Waals surface area contributed by atoms with Crippen LogP contribution in [-0.2, 0) is 39.3 Å². The largest absolute Gasteiger partial charge is 0.510 e. The second-order valence-electron chi connectivity index (χ2n) is 6.81. The van der Waals surface area contributed by atoms with E-state index in [2.05, 4.69) is 19.7 Å². The van der Waals surface area contributed by atoms with Gasteiger partial charge in [0, 0.05) is 5.69 Å². The fraction of sp³-hybridized carbons (Fsp3) is 0.167. The Labute approximate surface area is 205 Å². The summed E-state index contributed by atoms with van der Waals surface area (Å²) >= 11 is 0. The molecule has 196 valence electrons. The van der Waals surface area contributed by atoms with Crippen LogP contribution in [0.3, 0.4) is 0 Å². The number of phenols is 1. The van der Waals surface area contributed by atoms with Gasteiger partial charge in [0.25, 0.3) is 16.0 Å². The van der Waals surface area contributed by atoms with Gasteiger partial charge < -0.3 is 15.5 Å². The molecule has 0 spiro atoms. The lowest BCUT2D eigenvalue weighted by atomic mass is 10.3. The van der Waals surface area contributed by atoms with Crippen molar-refractivity contribution in [3.05, 3.63) is 53.9 Å². The third kappa shape index (κ3) is 8.36. The van der Waals surface area contributed by atoms with Crippen LogP contribution in [0.5, 0.6) is 5.75 Å². The van der Waals surface area contributed by atoms with Crippen molar-refractivity contribution >= 4 is 47.6 Å². The maximum absolute atomic E-state index is 12.5. The zero-order valence-electron chi connectivity index (χ0n) is 18.1. The number of carbonyl (C=O) groups is 1. The van der Waals surface area contributed by atoms with Crippen LogP contribution in [0.1, 0.15) is 6.92 Å². The smallest absolute Gasteiger partial charge is 0.397 e. The van der Waals surface area contributed by atoms with Crippen molar-refractivity contribution in [2.75, 3.05) is 17.7 Å². The van der Waals surface area contributed by atoms with Gasteiger partial charge in [-0.15, -0.1) is 10.2 Å². The molecule has 2 aromatic rings. The molecular weight excluding hydrogens is 546 g/mol. The fourth-order valence-electron chi connectivity index (χ4n) is 2.43. The van der Waals surface area contributed by atoms with Crippen LogP contribution in [0, 0.1) is 0 Å². The number of nitrogens with one attached hydrogen (secondary N) is 1. The minimum Gasteiger partial charge on any atom is -0.510 e. The number of hydrogen-bond acceptors (Lipinski definition) is 12. The summed E-state index contributed by atoms with van der Waals surface area (Å²) in [5, 5.41) is 29.2. The van der Waals surface area contributed by atoms with Gasteiger partial charge in [-0.2, -0.15) is 16.8 Å². The number of phenolic OH excluding ortho intramolecular Hbond substituents is 1. The van der Waals surface area contributed by atoms with Gasteiger partial charge in [0.05, 0.1) is 22.2 Å². The Morgan fingerprint density at radius 1 is 0.972 bits per heavy atom. The minimum atomic E-state index is -4.85. The first-order chi connectivity index (χ1) is 16.5. The van der Waals surface area contributed by atoms with Crippen molar-refractivity contribution < 1.29 is 53.5 Å². The number of amides is 1. The molecular formula is C18H19N3O12S3. The van der Waals surface area contributed by atoms with Crippen LogP contribution in [0.25, 0.3) is 0 Å². The molecule has 0 atom stereocenters.